The maximum Gasteiger partial charge on any atom is 0.119 e. The van der Waals surface area contributed by atoms with Crippen LogP contribution in [0.15, 0.2) is 24.3 Å². The minimum atomic E-state index is -0.749. The Kier molecular flexibility index (Phi) is 8.26. The van der Waals surface area contributed by atoms with Crippen molar-refractivity contribution in [1.82, 2.24) is 0 Å². The molecule has 0 aliphatic carbocycles. The molecule has 0 spiro atoms. The van der Waals surface area contributed by atoms with E-state index in [2.05, 4.69) is 6.92 Å². The molecule has 0 radical (unpaired) electrons. The van der Waals surface area contributed by atoms with Crippen LogP contribution in [0.5, 0.6) is 5.75 Å². The highest BCUT2D eigenvalue weighted by Crippen LogP contribution is 2.21. The van der Waals surface area contributed by atoms with Gasteiger partial charge in [-0.3, -0.25) is 0 Å². The molecule has 114 valence electrons. The molecule has 0 fully saturated rings. The van der Waals surface area contributed by atoms with Gasteiger partial charge in [-0.1, -0.05) is 38.3 Å². The van der Waals surface area contributed by atoms with Crippen LogP contribution in [0.3, 0.4) is 0 Å². The Morgan fingerprint density at radius 2 is 1.85 bits per heavy atom. The van der Waals surface area contributed by atoms with Crippen molar-refractivity contribution < 1.29 is 14.9 Å². The van der Waals surface area contributed by atoms with Crippen molar-refractivity contribution in [2.45, 2.75) is 51.2 Å². The van der Waals surface area contributed by atoms with E-state index in [4.69, 9.17) is 15.6 Å². The van der Waals surface area contributed by atoms with E-state index >= 15 is 0 Å². The molecule has 0 bridgehead atoms. The summed E-state index contributed by atoms with van der Waals surface area (Å²) < 4.78 is 5.64. The Bertz CT molecular complexity index is 353. The summed E-state index contributed by atoms with van der Waals surface area (Å²) in [6.07, 6.45) is 4.37. The predicted octanol–water partition coefficient (Wildman–Crippen LogP) is 2.39. The molecule has 0 amide bonds. The first-order valence-corrected chi connectivity index (χ1v) is 7.46. The van der Waals surface area contributed by atoms with Crippen LogP contribution >= 0.6 is 0 Å². The van der Waals surface area contributed by atoms with Crippen molar-refractivity contribution in [2.24, 2.45) is 5.73 Å². The van der Waals surface area contributed by atoms with Crippen LogP contribution in [0.25, 0.3) is 0 Å². The lowest BCUT2D eigenvalue weighted by Gasteiger charge is -2.18. The number of benzene rings is 1. The molecule has 4 N–H and O–H groups in total. The molecule has 0 saturated heterocycles. The molecule has 0 saturated carbocycles. The van der Waals surface area contributed by atoms with Crippen LogP contribution < -0.4 is 10.5 Å². The van der Waals surface area contributed by atoms with Gasteiger partial charge in [0, 0.05) is 12.6 Å². The molecule has 2 atom stereocenters. The third kappa shape index (κ3) is 5.90. The highest BCUT2D eigenvalue weighted by atomic mass is 16.5. The van der Waals surface area contributed by atoms with E-state index in [0.29, 0.717) is 6.42 Å². The Labute approximate surface area is 121 Å². The summed E-state index contributed by atoms with van der Waals surface area (Å²) in [6, 6.07) is 6.90. The largest absolute Gasteiger partial charge is 0.494 e. The molecule has 4 nitrogen and oxygen atoms in total. The van der Waals surface area contributed by atoms with Crippen molar-refractivity contribution >= 4 is 0 Å². The molecule has 1 rings (SSSR count). The highest BCUT2D eigenvalue weighted by Gasteiger charge is 2.16. The molecule has 0 aliphatic rings. The molecule has 4 heteroatoms. The van der Waals surface area contributed by atoms with E-state index in [1.165, 1.54) is 19.3 Å². The summed E-state index contributed by atoms with van der Waals surface area (Å²) in [5, 5.41) is 18.8. The maximum atomic E-state index is 10.0. The van der Waals surface area contributed by atoms with Crippen LogP contribution in [0.2, 0.25) is 0 Å². The van der Waals surface area contributed by atoms with Gasteiger partial charge in [0.15, 0.2) is 0 Å². The Balaban J connectivity index is 2.39. The van der Waals surface area contributed by atoms with Gasteiger partial charge in [-0.2, -0.15) is 0 Å². The lowest BCUT2D eigenvalue weighted by Crippen LogP contribution is -2.29. The van der Waals surface area contributed by atoms with E-state index in [-0.39, 0.29) is 6.61 Å². The van der Waals surface area contributed by atoms with Crippen LogP contribution in [-0.4, -0.2) is 29.5 Å². The number of aliphatic hydroxyl groups excluding tert-OH is 2. The second-order valence-electron chi connectivity index (χ2n) is 5.10. The highest BCUT2D eigenvalue weighted by molar-refractivity contribution is 5.29. The molecule has 0 aromatic heterocycles. The fourth-order valence-electron chi connectivity index (χ4n) is 2.03. The monoisotopic (exact) mass is 281 g/mol. The average Bonchev–Trinajstić information content (AvgIpc) is 2.47. The summed E-state index contributed by atoms with van der Waals surface area (Å²) in [5.74, 6) is 0.813. The Morgan fingerprint density at radius 3 is 2.45 bits per heavy atom. The second-order valence-corrected chi connectivity index (χ2v) is 5.10. The average molecular weight is 281 g/mol. The minimum absolute atomic E-state index is 0.0167. The summed E-state index contributed by atoms with van der Waals surface area (Å²) in [4.78, 5) is 0. The first-order chi connectivity index (χ1) is 9.69. The fourth-order valence-corrected chi connectivity index (χ4v) is 2.03. The molecule has 1 aromatic rings. The van der Waals surface area contributed by atoms with Gasteiger partial charge in [-0.15, -0.1) is 0 Å². The number of rotatable bonds is 10. The van der Waals surface area contributed by atoms with Crippen LogP contribution in [0.4, 0.5) is 0 Å². The van der Waals surface area contributed by atoms with Gasteiger partial charge in [0.05, 0.1) is 12.7 Å². The topological polar surface area (TPSA) is 75.7 Å². The van der Waals surface area contributed by atoms with Crippen LogP contribution in [0, 0.1) is 0 Å². The number of hydrogen-bond donors (Lipinski definition) is 3. The SMILES string of the molecule is CCCCCCOc1ccc(C(O)C(N)CCO)cc1. The Hall–Kier alpha value is -1.10. The lowest BCUT2D eigenvalue weighted by molar-refractivity contribution is 0.129. The van der Waals surface area contributed by atoms with Crippen molar-refractivity contribution in [1.29, 1.82) is 0 Å². The number of aliphatic hydroxyl groups is 2. The van der Waals surface area contributed by atoms with Crippen molar-refractivity contribution in [3.63, 3.8) is 0 Å². The normalized spacial score (nSPS) is 14.0. The quantitative estimate of drug-likeness (QED) is 0.576. The van der Waals surface area contributed by atoms with Gasteiger partial charge >= 0.3 is 0 Å². The zero-order chi connectivity index (χ0) is 14.8. The number of ether oxygens (including phenoxy) is 1. The minimum Gasteiger partial charge on any atom is -0.494 e. The molecule has 2 unspecified atom stereocenters. The van der Waals surface area contributed by atoms with Crippen LogP contribution in [-0.2, 0) is 0 Å². The summed E-state index contributed by atoms with van der Waals surface area (Å²) >= 11 is 0. The zero-order valence-corrected chi connectivity index (χ0v) is 12.3. The molecular formula is C16H27NO3. The predicted molar refractivity (Wildman–Crippen MR) is 80.7 cm³/mol. The maximum absolute atomic E-state index is 10.0. The standard InChI is InChI=1S/C16H27NO3/c1-2-3-4-5-12-20-14-8-6-13(7-9-14)16(19)15(17)10-11-18/h6-9,15-16,18-19H,2-5,10-12,17H2,1H3. The third-order valence-electron chi connectivity index (χ3n) is 3.36. The van der Waals surface area contributed by atoms with E-state index in [0.717, 1.165) is 24.3 Å². The van der Waals surface area contributed by atoms with Gasteiger partial charge < -0.3 is 20.7 Å². The first kappa shape index (κ1) is 17.0. The lowest BCUT2D eigenvalue weighted by atomic mass is 10.0. The zero-order valence-electron chi connectivity index (χ0n) is 12.3. The smallest absolute Gasteiger partial charge is 0.119 e. The van der Waals surface area contributed by atoms with Gasteiger partial charge in [-0.25, -0.2) is 0 Å². The van der Waals surface area contributed by atoms with E-state index in [9.17, 15) is 5.11 Å². The second kappa shape index (κ2) is 9.75. The van der Waals surface area contributed by atoms with Gasteiger partial charge in [-0.05, 0) is 30.5 Å². The van der Waals surface area contributed by atoms with Gasteiger partial charge in [0.25, 0.3) is 0 Å². The first-order valence-electron chi connectivity index (χ1n) is 7.46. The summed E-state index contributed by atoms with van der Waals surface area (Å²) in [5.41, 5.74) is 6.54. The number of hydrogen-bond acceptors (Lipinski definition) is 4. The number of nitrogens with two attached hydrogens (primary N) is 1. The molecule has 20 heavy (non-hydrogen) atoms. The van der Waals surface area contributed by atoms with E-state index in [1.807, 2.05) is 24.3 Å². The molecule has 0 aliphatic heterocycles. The van der Waals surface area contributed by atoms with Crippen molar-refractivity contribution in [3.8, 4) is 5.75 Å². The van der Waals surface area contributed by atoms with Gasteiger partial charge in [0.1, 0.15) is 5.75 Å². The van der Waals surface area contributed by atoms with Gasteiger partial charge in [0.2, 0.25) is 0 Å². The third-order valence-corrected chi connectivity index (χ3v) is 3.36. The molecule has 0 heterocycles. The fraction of sp³-hybridized carbons (Fsp3) is 0.625. The van der Waals surface area contributed by atoms with E-state index < -0.39 is 12.1 Å². The molecule has 1 aromatic carbocycles. The summed E-state index contributed by atoms with van der Waals surface area (Å²) in [6.45, 7) is 2.90. The Morgan fingerprint density at radius 1 is 1.15 bits per heavy atom. The van der Waals surface area contributed by atoms with Crippen molar-refractivity contribution in [3.05, 3.63) is 29.8 Å². The number of unbranched alkanes of at least 4 members (excludes halogenated alkanes) is 3. The summed E-state index contributed by atoms with van der Waals surface area (Å²) in [7, 11) is 0. The van der Waals surface area contributed by atoms with Crippen LogP contribution in [0.1, 0.15) is 50.7 Å². The molecular weight excluding hydrogens is 254 g/mol. The van der Waals surface area contributed by atoms with E-state index in [1.54, 1.807) is 0 Å². The van der Waals surface area contributed by atoms with Crippen molar-refractivity contribution in [2.75, 3.05) is 13.2 Å².